The van der Waals surface area contributed by atoms with Crippen molar-refractivity contribution < 1.29 is 19.4 Å². The number of nitrogens with zero attached hydrogens (tertiary/aromatic N) is 3. The normalized spacial score (nSPS) is 14.8. The minimum atomic E-state index is -3.36. The lowest BCUT2D eigenvalue weighted by molar-refractivity contribution is 0.0538. The molecule has 3 rings (SSSR count). The van der Waals surface area contributed by atoms with Crippen LogP contribution in [0, 0.1) is 0 Å². The van der Waals surface area contributed by atoms with E-state index in [4.69, 9.17) is 0 Å². The Kier molecular flexibility index (Phi) is 6.30. The number of rotatable bonds is 6. The van der Waals surface area contributed by atoms with Crippen LogP contribution >= 0.6 is 11.3 Å². The highest BCUT2D eigenvalue weighted by Gasteiger charge is 2.26. The average Bonchev–Trinajstić information content (AvgIpc) is 3.22. The SMILES string of the molecule is CCCS(=O)(=O)Nc1ccc(C(=O)N2CCN(C(=O)c3cncs3)CC2)cc1.[HH]. The van der Waals surface area contributed by atoms with E-state index in [0.717, 1.165) is 0 Å². The molecule has 0 atom stereocenters. The van der Waals surface area contributed by atoms with E-state index in [2.05, 4.69) is 9.71 Å². The number of sulfonamides is 1. The first-order chi connectivity index (χ1) is 13.4. The molecular weight excluding hydrogens is 400 g/mol. The number of aromatic nitrogens is 1. The van der Waals surface area contributed by atoms with Gasteiger partial charge >= 0.3 is 0 Å². The number of hydrogen-bond donors (Lipinski definition) is 1. The summed E-state index contributed by atoms with van der Waals surface area (Å²) in [6.07, 6.45) is 2.09. The molecule has 1 aromatic carbocycles. The van der Waals surface area contributed by atoms with Gasteiger partial charge in [-0.2, -0.15) is 0 Å². The maximum atomic E-state index is 12.7. The molecule has 0 bridgehead atoms. The molecule has 2 amide bonds. The second kappa shape index (κ2) is 8.70. The highest BCUT2D eigenvalue weighted by Crippen LogP contribution is 2.16. The second-order valence-corrected chi connectivity index (χ2v) is 9.18. The number of piperazine rings is 1. The van der Waals surface area contributed by atoms with Crippen LogP contribution in [0.2, 0.25) is 0 Å². The van der Waals surface area contributed by atoms with Crippen molar-refractivity contribution in [1.82, 2.24) is 14.8 Å². The van der Waals surface area contributed by atoms with Gasteiger partial charge in [-0.25, -0.2) is 8.42 Å². The summed E-state index contributed by atoms with van der Waals surface area (Å²) in [6, 6.07) is 6.40. The summed E-state index contributed by atoms with van der Waals surface area (Å²) in [5, 5.41) is 0. The van der Waals surface area contributed by atoms with Gasteiger partial charge in [0.1, 0.15) is 4.88 Å². The quantitative estimate of drug-likeness (QED) is 0.766. The Morgan fingerprint density at radius 3 is 2.25 bits per heavy atom. The van der Waals surface area contributed by atoms with E-state index in [1.165, 1.54) is 11.3 Å². The van der Waals surface area contributed by atoms with Crippen molar-refractivity contribution >= 4 is 38.9 Å². The van der Waals surface area contributed by atoms with E-state index in [0.29, 0.717) is 48.7 Å². The predicted molar refractivity (Wildman–Crippen MR) is 110 cm³/mol. The number of thiazole rings is 1. The molecule has 1 aliphatic heterocycles. The molecule has 0 spiro atoms. The van der Waals surface area contributed by atoms with Gasteiger partial charge < -0.3 is 9.80 Å². The third-order valence-corrected chi connectivity index (χ3v) is 6.63. The standard InChI is InChI=1S/C18H22N4O4S2.H2/c1-2-11-28(25,26)20-15-5-3-14(4-6-15)17(23)21-7-9-22(10-8-21)18(24)16-12-19-13-27-16;/h3-6,12-13,20H,2,7-11H2,1H3;1H. The first-order valence-corrected chi connectivity index (χ1v) is 11.5. The van der Waals surface area contributed by atoms with E-state index < -0.39 is 10.0 Å². The van der Waals surface area contributed by atoms with Gasteiger partial charge in [-0.15, -0.1) is 11.3 Å². The van der Waals surface area contributed by atoms with Crippen LogP contribution in [0.4, 0.5) is 5.69 Å². The molecule has 1 fully saturated rings. The zero-order chi connectivity index (χ0) is 20.1. The van der Waals surface area contributed by atoms with Crippen LogP contribution in [0.15, 0.2) is 36.0 Å². The zero-order valence-corrected chi connectivity index (χ0v) is 17.1. The molecule has 0 saturated carbocycles. The lowest BCUT2D eigenvalue weighted by atomic mass is 10.1. The van der Waals surface area contributed by atoms with Crippen LogP contribution in [0.25, 0.3) is 0 Å². The molecule has 0 unspecified atom stereocenters. The monoisotopic (exact) mass is 424 g/mol. The Labute approximate surface area is 169 Å². The van der Waals surface area contributed by atoms with Crippen LogP contribution in [0.5, 0.6) is 0 Å². The molecule has 0 radical (unpaired) electrons. The van der Waals surface area contributed by atoms with Crippen molar-refractivity contribution in [1.29, 1.82) is 0 Å². The van der Waals surface area contributed by atoms with Gasteiger partial charge in [-0.3, -0.25) is 19.3 Å². The summed E-state index contributed by atoms with van der Waals surface area (Å²) in [4.78, 5) is 33.0. The fourth-order valence-electron chi connectivity index (χ4n) is 2.95. The van der Waals surface area contributed by atoms with Gasteiger partial charge in [0.15, 0.2) is 0 Å². The fourth-order valence-corrected chi connectivity index (χ4v) is 4.67. The molecule has 8 nitrogen and oxygen atoms in total. The molecule has 10 heteroatoms. The lowest BCUT2D eigenvalue weighted by Gasteiger charge is -2.34. The van der Waals surface area contributed by atoms with Crippen LogP contribution < -0.4 is 4.72 Å². The van der Waals surface area contributed by atoms with E-state index in [1.807, 2.05) is 0 Å². The minimum absolute atomic E-state index is 0. The molecular formula is C18H24N4O4S2. The largest absolute Gasteiger partial charge is 0.335 e. The van der Waals surface area contributed by atoms with Crippen molar-refractivity contribution in [2.45, 2.75) is 13.3 Å². The van der Waals surface area contributed by atoms with Crippen LogP contribution in [0.1, 0.15) is 34.8 Å². The third kappa shape index (κ3) is 4.87. The Morgan fingerprint density at radius 1 is 1.11 bits per heavy atom. The maximum Gasteiger partial charge on any atom is 0.265 e. The Hall–Kier alpha value is -2.46. The summed E-state index contributed by atoms with van der Waals surface area (Å²) < 4.78 is 26.1. The molecule has 2 aromatic rings. The van der Waals surface area contributed by atoms with Crippen LogP contribution in [-0.2, 0) is 10.0 Å². The zero-order valence-electron chi connectivity index (χ0n) is 15.5. The number of nitrogens with one attached hydrogen (secondary N) is 1. The van der Waals surface area contributed by atoms with E-state index in [1.54, 1.807) is 52.7 Å². The lowest BCUT2D eigenvalue weighted by Crippen LogP contribution is -2.50. The van der Waals surface area contributed by atoms with Gasteiger partial charge in [-0.1, -0.05) is 6.92 Å². The number of benzene rings is 1. The Morgan fingerprint density at radius 2 is 1.71 bits per heavy atom. The molecule has 1 saturated heterocycles. The summed E-state index contributed by atoms with van der Waals surface area (Å²) in [6.45, 7) is 3.64. The summed E-state index contributed by atoms with van der Waals surface area (Å²) >= 11 is 1.31. The minimum Gasteiger partial charge on any atom is -0.335 e. The first-order valence-electron chi connectivity index (χ1n) is 8.97. The van der Waals surface area contributed by atoms with E-state index in [9.17, 15) is 18.0 Å². The van der Waals surface area contributed by atoms with Gasteiger partial charge in [0.2, 0.25) is 10.0 Å². The van der Waals surface area contributed by atoms with Crippen molar-refractivity contribution in [2.75, 3.05) is 36.7 Å². The fraction of sp³-hybridized carbons (Fsp3) is 0.389. The Bertz CT molecular complexity index is 925. The molecule has 1 N–H and O–H groups in total. The maximum absolute atomic E-state index is 12.7. The van der Waals surface area contributed by atoms with E-state index >= 15 is 0 Å². The van der Waals surface area contributed by atoms with Crippen molar-refractivity contribution in [3.8, 4) is 0 Å². The van der Waals surface area contributed by atoms with E-state index in [-0.39, 0.29) is 19.0 Å². The highest BCUT2D eigenvalue weighted by atomic mass is 32.2. The number of hydrogen-bond acceptors (Lipinski definition) is 6. The first kappa shape index (κ1) is 20.3. The molecule has 0 aliphatic carbocycles. The van der Waals surface area contributed by atoms with Crippen LogP contribution in [-0.4, -0.2) is 66.9 Å². The summed E-state index contributed by atoms with van der Waals surface area (Å²) in [5.41, 5.74) is 2.55. The number of carbonyl (C=O) groups excluding carboxylic acids is 2. The van der Waals surface area contributed by atoms with Crippen LogP contribution in [0.3, 0.4) is 0 Å². The van der Waals surface area contributed by atoms with Crippen molar-refractivity contribution in [3.63, 3.8) is 0 Å². The van der Waals surface area contributed by atoms with Crippen molar-refractivity contribution in [3.05, 3.63) is 46.4 Å². The highest BCUT2D eigenvalue weighted by molar-refractivity contribution is 7.92. The smallest absolute Gasteiger partial charge is 0.265 e. The van der Waals surface area contributed by atoms with Gasteiger partial charge in [0, 0.05) is 38.9 Å². The van der Waals surface area contributed by atoms with Gasteiger partial charge in [0.25, 0.3) is 11.8 Å². The topological polar surface area (TPSA) is 99.7 Å². The molecule has 28 heavy (non-hydrogen) atoms. The summed E-state index contributed by atoms with van der Waals surface area (Å²) in [5.74, 6) is -0.135. The third-order valence-electron chi connectivity index (χ3n) is 4.38. The second-order valence-electron chi connectivity index (χ2n) is 6.45. The number of anilines is 1. The summed E-state index contributed by atoms with van der Waals surface area (Å²) in [7, 11) is -3.36. The molecule has 2 heterocycles. The van der Waals surface area contributed by atoms with Gasteiger partial charge in [-0.05, 0) is 30.7 Å². The predicted octanol–water partition coefficient (Wildman–Crippen LogP) is 2.14. The number of carbonyl (C=O) groups is 2. The molecule has 1 aromatic heterocycles. The van der Waals surface area contributed by atoms with Crippen molar-refractivity contribution in [2.24, 2.45) is 0 Å². The Balaban J connectivity index is 0.00000300. The average molecular weight is 425 g/mol. The number of amides is 2. The van der Waals surface area contributed by atoms with Gasteiger partial charge in [0.05, 0.1) is 17.5 Å². The molecule has 152 valence electrons. The molecule has 1 aliphatic rings.